The zero-order chi connectivity index (χ0) is 14.4. The number of carbonyl (C=O) groups excluding carboxylic acids is 2. The van der Waals surface area contributed by atoms with E-state index in [1.54, 1.807) is 4.90 Å². The number of benzene rings is 1. The molecule has 5 heteroatoms. The van der Waals surface area contributed by atoms with E-state index in [2.05, 4.69) is 5.92 Å². The Bertz CT molecular complexity index is 522. The van der Waals surface area contributed by atoms with E-state index >= 15 is 0 Å². The Hall–Kier alpha value is -2.48. The Morgan fingerprint density at radius 1 is 1.30 bits per heavy atom. The van der Waals surface area contributed by atoms with Crippen LogP contribution in [0.5, 0.6) is 0 Å². The topological polar surface area (TPSA) is 49.9 Å². The van der Waals surface area contributed by atoms with Crippen molar-refractivity contribution < 1.29 is 14.3 Å². The lowest BCUT2D eigenvalue weighted by molar-refractivity contribution is -0.134. The molecule has 1 aliphatic heterocycles. The van der Waals surface area contributed by atoms with Crippen molar-refractivity contribution in [3.05, 3.63) is 35.9 Å². The number of terminal acetylenes is 1. The second-order valence-electron chi connectivity index (χ2n) is 4.48. The van der Waals surface area contributed by atoms with Gasteiger partial charge < -0.3 is 9.64 Å². The van der Waals surface area contributed by atoms with E-state index in [1.165, 1.54) is 4.90 Å². The van der Waals surface area contributed by atoms with Crippen LogP contribution in [0, 0.1) is 12.3 Å². The quantitative estimate of drug-likeness (QED) is 0.774. The van der Waals surface area contributed by atoms with Gasteiger partial charge in [-0.25, -0.2) is 4.79 Å². The van der Waals surface area contributed by atoms with E-state index in [0.29, 0.717) is 13.1 Å². The molecule has 104 valence electrons. The molecule has 1 aromatic carbocycles. The van der Waals surface area contributed by atoms with Gasteiger partial charge in [0.1, 0.15) is 13.2 Å². The van der Waals surface area contributed by atoms with Crippen LogP contribution in [0.25, 0.3) is 0 Å². The minimum Gasteiger partial charge on any atom is -0.445 e. The number of amides is 2. The van der Waals surface area contributed by atoms with Crippen LogP contribution in [0.15, 0.2) is 30.3 Å². The van der Waals surface area contributed by atoms with Crippen molar-refractivity contribution in [1.82, 2.24) is 9.80 Å². The van der Waals surface area contributed by atoms with E-state index < -0.39 is 6.09 Å². The monoisotopic (exact) mass is 272 g/mol. The minimum atomic E-state index is -0.470. The first-order valence-electron chi connectivity index (χ1n) is 6.37. The van der Waals surface area contributed by atoms with Crippen LogP contribution in [0.2, 0.25) is 0 Å². The van der Waals surface area contributed by atoms with Crippen LogP contribution in [-0.4, -0.2) is 48.0 Å². The molecule has 0 radical (unpaired) electrons. The van der Waals surface area contributed by atoms with E-state index in [4.69, 9.17) is 11.2 Å². The normalized spacial score (nSPS) is 14.8. The predicted molar refractivity (Wildman–Crippen MR) is 73.6 cm³/mol. The van der Waals surface area contributed by atoms with Crippen molar-refractivity contribution >= 4 is 12.0 Å². The SMILES string of the molecule is C#CCN1CCN(C(=O)OCc2ccccc2)CC1=O. The third-order valence-corrected chi connectivity index (χ3v) is 3.06. The Labute approximate surface area is 118 Å². The lowest BCUT2D eigenvalue weighted by Crippen LogP contribution is -2.52. The molecule has 0 N–H and O–H groups in total. The lowest BCUT2D eigenvalue weighted by Gasteiger charge is -2.32. The van der Waals surface area contributed by atoms with Crippen molar-refractivity contribution in [2.75, 3.05) is 26.2 Å². The summed E-state index contributed by atoms with van der Waals surface area (Å²) in [7, 11) is 0. The average molecular weight is 272 g/mol. The summed E-state index contributed by atoms with van der Waals surface area (Å²) in [6, 6.07) is 9.41. The van der Waals surface area contributed by atoms with Crippen LogP contribution >= 0.6 is 0 Å². The van der Waals surface area contributed by atoms with Crippen LogP contribution in [-0.2, 0) is 16.1 Å². The van der Waals surface area contributed by atoms with Gasteiger partial charge in [-0.1, -0.05) is 36.3 Å². The first kappa shape index (κ1) is 13.9. The molecule has 2 amide bonds. The molecule has 0 aliphatic carbocycles. The zero-order valence-electron chi connectivity index (χ0n) is 11.1. The van der Waals surface area contributed by atoms with Crippen molar-refractivity contribution in [3.63, 3.8) is 0 Å². The van der Waals surface area contributed by atoms with Gasteiger partial charge >= 0.3 is 6.09 Å². The molecule has 5 nitrogen and oxygen atoms in total. The summed E-state index contributed by atoms with van der Waals surface area (Å²) in [5, 5.41) is 0. The van der Waals surface area contributed by atoms with Gasteiger partial charge in [0.25, 0.3) is 0 Å². The molecule has 0 unspecified atom stereocenters. The smallest absolute Gasteiger partial charge is 0.410 e. The van der Waals surface area contributed by atoms with Gasteiger partial charge in [-0.2, -0.15) is 0 Å². The molecule has 2 rings (SSSR count). The van der Waals surface area contributed by atoms with Crippen LogP contribution in [0.4, 0.5) is 4.79 Å². The lowest BCUT2D eigenvalue weighted by atomic mass is 10.2. The van der Waals surface area contributed by atoms with Gasteiger partial charge in [-0.15, -0.1) is 6.42 Å². The maximum atomic E-state index is 11.9. The molecule has 1 aliphatic rings. The Morgan fingerprint density at radius 3 is 2.70 bits per heavy atom. The number of carbonyl (C=O) groups is 2. The van der Waals surface area contributed by atoms with E-state index in [0.717, 1.165) is 5.56 Å². The summed E-state index contributed by atoms with van der Waals surface area (Å²) in [6.07, 6.45) is 4.71. The number of nitrogens with zero attached hydrogens (tertiary/aromatic N) is 2. The fraction of sp³-hybridized carbons (Fsp3) is 0.333. The van der Waals surface area contributed by atoms with Crippen molar-refractivity contribution in [2.45, 2.75) is 6.61 Å². The molecule has 0 aromatic heterocycles. The largest absolute Gasteiger partial charge is 0.445 e. The van der Waals surface area contributed by atoms with Gasteiger partial charge in [0.2, 0.25) is 5.91 Å². The van der Waals surface area contributed by atoms with Gasteiger partial charge in [-0.3, -0.25) is 9.69 Å². The highest BCUT2D eigenvalue weighted by molar-refractivity contribution is 5.83. The third-order valence-electron chi connectivity index (χ3n) is 3.06. The van der Waals surface area contributed by atoms with E-state index in [9.17, 15) is 9.59 Å². The summed E-state index contributed by atoms with van der Waals surface area (Å²) in [5.74, 6) is 2.28. The third kappa shape index (κ3) is 3.51. The molecular formula is C15H16N2O3. The fourth-order valence-corrected chi connectivity index (χ4v) is 1.95. The van der Waals surface area contributed by atoms with Gasteiger partial charge in [0.15, 0.2) is 0 Å². The van der Waals surface area contributed by atoms with Crippen LogP contribution in [0.1, 0.15) is 5.56 Å². The second kappa shape index (κ2) is 6.62. The van der Waals surface area contributed by atoms with Gasteiger partial charge in [0, 0.05) is 13.1 Å². The summed E-state index contributed by atoms with van der Waals surface area (Å²) in [6.45, 7) is 1.41. The van der Waals surface area contributed by atoms with Crippen LogP contribution in [0.3, 0.4) is 0 Å². The molecule has 1 aromatic rings. The number of rotatable bonds is 3. The minimum absolute atomic E-state index is 0.0231. The number of hydrogen-bond donors (Lipinski definition) is 0. The first-order chi connectivity index (χ1) is 9.70. The van der Waals surface area contributed by atoms with E-state index in [-0.39, 0.29) is 25.6 Å². The van der Waals surface area contributed by atoms with Crippen molar-refractivity contribution in [3.8, 4) is 12.3 Å². The second-order valence-corrected chi connectivity index (χ2v) is 4.48. The Morgan fingerprint density at radius 2 is 2.05 bits per heavy atom. The summed E-state index contributed by atoms with van der Waals surface area (Å²) >= 11 is 0. The first-order valence-corrected chi connectivity index (χ1v) is 6.37. The fourth-order valence-electron chi connectivity index (χ4n) is 1.95. The molecule has 0 atom stereocenters. The summed E-state index contributed by atoms with van der Waals surface area (Å²) in [4.78, 5) is 26.6. The van der Waals surface area contributed by atoms with Crippen molar-refractivity contribution in [2.24, 2.45) is 0 Å². The maximum Gasteiger partial charge on any atom is 0.410 e. The molecule has 0 spiro atoms. The van der Waals surface area contributed by atoms with Gasteiger partial charge in [-0.05, 0) is 5.56 Å². The molecule has 1 fully saturated rings. The number of piperazine rings is 1. The maximum absolute atomic E-state index is 11.9. The predicted octanol–water partition coefficient (Wildman–Crippen LogP) is 1.10. The summed E-state index contributed by atoms with van der Waals surface area (Å²) in [5.41, 5.74) is 0.915. The number of ether oxygens (including phenoxy) is 1. The van der Waals surface area contributed by atoms with Gasteiger partial charge in [0.05, 0.1) is 6.54 Å². The molecular weight excluding hydrogens is 256 g/mol. The van der Waals surface area contributed by atoms with Crippen LogP contribution < -0.4 is 0 Å². The molecule has 1 saturated heterocycles. The standard InChI is InChI=1S/C15H16N2O3/c1-2-8-16-9-10-17(11-14(16)18)15(19)20-12-13-6-4-3-5-7-13/h1,3-7H,8-12H2. The Kier molecular flexibility index (Phi) is 4.61. The molecule has 0 saturated carbocycles. The molecule has 20 heavy (non-hydrogen) atoms. The highest BCUT2D eigenvalue weighted by Gasteiger charge is 2.27. The average Bonchev–Trinajstić information content (AvgIpc) is 2.48. The zero-order valence-corrected chi connectivity index (χ0v) is 11.1. The number of hydrogen-bond acceptors (Lipinski definition) is 3. The molecule has 0 bridgehead atoms. The highest BCUT2D eigenvalue weighted by atomic mass is 16.6. The van der Waals surface area contributed by atoms with E-state index in [1.807, 2.05) is 30.3 Å². The Balaban J connectivity index is 1.82. The summed E-state index contributed by atoms with van der Waals surface area (Å²) < 4.78 is 5.19. The highest BCUT2D eigenvalue weighted by Crippen LogP contribution is 2.07. The molecule has 1 heterocycles. The van der Waals surface area contributed by atoms with Crippen molar-refractivity contribution in [1.29, 1.82) is 0 Å².